The molecule has 0 atom stereocenters. The third-order valence-electron chi connectivity index (χ3n) is 6.53. The third-order valence-corrected chi connectivity index (χ3v) is 6.53. The Hall–Kier alpha value is -4.20. The lowest BCUT2D eigenvalue weighted by Crippen LogP contribution is -2.22. The van der Waals surface area contributed by atoms with E-state index in [1.165, 1.54) is 12.1 Å². The minimum Gasteiger partial charge on any atom is -0.306 e. The number of halogens is 4. The second kappa shape index (κ2) is 7.66. The first-order valence-electron chi connectivity index (χ1n) is 11.0. The van der Waals surface area contributed by atoms with Gasteiger partial charge in [-0.2, -0.15) is 0 Å². The van der Waals surface area contributed by atoms with Gasteiger partial charge in [0.1, 0.15) is 0 Å². The summed E-state index contributed by atoms with van der Waals surface area (Å²) < 4.78 is 57.8. The lowest BCUT2D eigenvalue weighted by Gasteiger charge is -2.15. The average Bonchev–Trinajstić information content (AvgIpc) is 3.05. The summed E-state index contributed by atoms with van der Waals surface area (Å²) in [6.45, 7) is 0.626. The van der Waals surface area contributed by atoms with Crippen molar-refractivity contribution >= 4 is 21.8 Å². The number of hydrogen-bond donors (Lipinski definition) is 0. The molecular weight excluding hydrogens is 460 g/mol. The summed E-state index contributed by atoms with van der Waals surface area (Å²) in [4.78, 5) is 26.9. The van der Waals surface area contributed by atoms with E-state index in [1.54, 1.807) is 33.4 Å². The minimum atomic E-state index is -1.05. The van der Waals surface area contributed by atoms with Gasteiger partial charge < -0.3 is 9.13 Å². The van der Waals surface area contributed by atoms with Gasteiger partial charge in [-0.1, -0.05) is 24.3 Å². The molecule has 174 valence electrons. The van der Waals surface area contributed by atoms with Crippen LogP contribution in [0.25, 0.3) is 44.1 Å². The van der Waals surface area contributed by atoms with E-state index in [4.69, 9.17) is 0 Å². The van der Waals surface area contributed by atoms with Crippen LogP contribution >= 0.6 is 0 Å². The van der Waals surface area contributed by atoms with Crippen molar-refractivity contribution in [3.63, 3.8) is 0 Å². The Balaban J connectivity index is 1.67. The maximum atomic E-state index is 13.9. The second-order valence-corrected chi connectivity index (χ2v) is 8.58. The second-order valence-electron chi connectivity index (χ2n) is 8.58. The van der Waals surface area contributed by atoms with Gasteiger partial charge in [-0.25, -0.2) is 17.6 Å². The Morgan fingerprint density at radius 1 is 0.543 bits per heavy atom. The van der Waals surface area contributed by atoms with Crippen molar-refractivity contribution in [2.45, 2.75) is 19.5 Å². The highest BCUT2D eigenvalue weighted by atomic mass is 19.2. The molecule has 6 rings (SSSR count). The average molecular weight is 476 g/mol. The van der Waals surface area contributed by atoms with Crippen LogP contribution in [-0.4, -0.2) is 9.13 Å². The van der Waals surface area contributed by atoms with Crippen LogP contribution in [0.3, 0.4) is 0 Å². The van der Waals surface area contributed by atoms with Gasteiger partial charge in [0.15, 0.2) is 23.3 Å². The van der Waals surface area contributed by atoms with Crippen LogP contribution in [-0.2, 0) is 13.1 Å². The first kappa shape index (κ1) is 21.3. The van der Waals surface area contributed by atoms with Crippen LogP contribution in [0.1, 0.15) is 6.42 Å². The van der Waals surface area contributed by atoms with Crippen molar-refractivity contribution in [3.05, 3.63) is 105 Å². The highest BCUT2D eigenvalue weighted by Gasteiger charge is 2.21. The summed E-state index contributed by atoms with van der Waals surface area (Å²) in [6, 6.07) is 13.5. The van der Waals surface area contributed by atoms with Crippen molar-refractivity contribution in [2.24, 2.45) is 0 Å². The first-order valence-corrected chi connectivity index (χ1v) is 11.0. The molecule has 8 heteroatoms. The Morgan fingerprint density at radius 2 is 0.971 bits per heavy atom. The molecule has 0 bridgehead atoms. The Labute approximate surface area is 195 Å². The molecule has 35 heavy (non-hydrogen) atoms. The highest BCUT2D eigenvalue weighted by Crippen LogP contribution is 2.31. The maximum absolute atomic E-state index is 13.9. The molecule has 0 amide bonds. The number of aromatic nitrogens is 2. The third kappa shape index (κ3) is 3.20. The first-order chi connectivity index (χ1) is 16.8. The van der Waals surface area contributed by atoms with Gasteiger partial charge in [-0.3, -0.25) is 9.59 Å². The Morgan fingerprint density at radius 3 is 1.37 bits per heavy atom. The highest BCUT2D eigenvalue weighted by molar-refractivity contribution is 6.05. The molecule has 5 aromatic rings. The molecule has 3 heterocycles. The fourth-order valence-corrected chi connectivity index (χ4v) is 4.89. The summed E-state index contributed by atoms with van der Waals surface area (Å²) in [7, 11) is 0. The van der Waals surface area contributed by atoms with Gasteiger partial charge in [-0.05, 0) is 53.9 Å². The van der Waals surface area contributed by atoms with E-state index >= 15 is 0 Å². The van der Waals surface area contributed by atoms with Crippen LogP contribution in [0, 0.1) is 23.3 Å². The zero-order chi connectivity index (χ0) is 24.4. The van der Waals surface area contributed by atoms with E-state index < -0.39 is 23.3 Å². The summed E-state index contributed by atoms with van der Waals surface area (Å²) in [5, 5.41) is 1.32. The molecular formula is C27H16F4N2O2. The Bertz CT molecular complexity index is 1690. The van der Waals surface area contributed by atoms with E-state index in [1.807, 2.05) is 0 Å². The molecule has 0 saturated heterocycles. The number of pyridine rings is 2. The van der Waals surface area contributed by atoms with Crippen molar-refractivity contribution in [1.82, 2.24) is 9.13 Å². The molecule has 0 N–H and O–H groups in total. The summed E-state index contributed by atoms with van der Waals surface area (Å²) in [5.41, 5.74) is 1.35. The molecule has 0 unspecified atom stereocenters. The molecule has 2 aromatic heterocycles. The number of aryl methyl sites for hydroxylation is 2. The standard InChI is InChI=1S/C27H16F4N2O2/c28-20-6-4-14(12-22(20)30)18-10-16-2-3-17-11-19(15-5-7-21(29)23(31)13-15)27(35)33-9-1-8-32(26(18)34)24(16)25(17)33/h2-7,10-13H,1,8-9H2. The number of rotatable bonds is 2. The zero-order valence-corrected chi connectivity index (χ0v) is 18.1. The molecule has 0 radical (unpaired) electrons. The predicted molar refractivity (Wildman–Crippen MR) is 125 cm³/mol. The fourth-order valence-electron chi connectivity index (χ4n) is 4.89. The molecule has 0 spiro atoms. The quantitative estimate of drug-likeness (QED) is 0.246. The summed E-state index contributed by atoms with van der Waals surface area (Å²) >= 11 is 0. The van der Waals surface area contributed by atoms with Crippen molar-refractivity contribution in [1.29, 1.82) is 0 Å². The lowest BCUT2D eigenvalue weighted by atomic mass is 10.0. The monoisotopic (exact) mass is 476 g/mol. The van der Waals surface area contributed by atoms with Crippen molar-refractivity contribution < 1.29 is 17.6 Å². The molecule has 4 nitrogen and oxygen atoms in total. The van der Waals surface area contributed by atoms with Gasteiger partial charge in [0, 0.05) is 35.0 Å². The lowest BCUT2D eigenvalue weighted by molar-refractivity contribution is 0.509. The molecule has 3 aromatic carbocycles. The van der Waals surface area contributed by atoms with Crippen molar-refractivity contribution in [3.8, 4) is 22.3 Å². The number of benzene rings is 3. The molecule has 1 aliphatic heterocycles. The Kier molecular flexibility index (Phi) is 4.67. The van der Waals surface area contributed by atoms with E-state index in [-0.39, 0.29) is 33.4 Å². The molecule has 0 fully saturated rings. The van der Waals surface area contributed by atoms with Gasteiger partial charge >= 0.3 is 0 Å². The van der Waals surface area contributed by atoms with E-state index in [9.17, 15) is 27.2 Å². The van der Waals surface area contributed by atoms with Gasteiger partial charge in [-0.15, -0.1) is 0 Å². The van der Waals surface area contributed by atoms with E-state index in [0.717, 1.165) is 24.3 Å². The number of nitrogens with zero attached hydrogens (tertiary/aromatic N) is 2. The zero-order valence-electron chi connectivity index (χ0n) is 18.1. The van der Waals surface area contributed by atoms with Crippen LogP contribution < -0.4 is 11.1 Å². The minimum absolute atomic E-state index is 0.227. The van der Waals surface area contributed by atoms with Gasteiger partial charge in [0.05, 0.1) is 11.0 Å². The normalized spacial score (nSPS) is 13.0. The SMILES string of the molecule is O=c1c(-c2ccc(F)c(F)c2)cc2ccc3cc(-c4ccc(F)c(F)c4)c(=O)n4c3c2n1CCC4. The maximum Gasteiger partial charge on any atom is 0.258 e. The largest absolute Gasteiger partial charge is 0.306 e. The fraction of sp³-hybridized carbons (Fsp3) is 0.111. The van der Waals surface area contributed by atoms with Crippen LogP contribution in [0.5, 0.6) is 0 Å². The van der Waals surface area contributed by atoms with Gasteiger partial charge in [0.25, 0.3) is 11.1 Å². The molecule has 1 aliphatic rings. The summed E-state index contributed by atoms with van der Waals surface area (Å²) in [6.07, 6.45) is 0.459. The van der Waals surface area contributed by atoms with Crippen LogP contribution in [0.15, 0.2) is 70.3 Å². The van der Waals surface area contributed by atoms with Crippen LogP contribution in [0.4, 0.5) is 17.6 Å². The topological polar surface area (TPSA) is 44.0 Å². The van der Waals surface area contributed by atoms with Gasteiger partial charge in [0.2, 0.25) is 0 Å². The van der Waals surface area contributed by atoms with Crippen LogP contribution in [0.2, 0.25) is 0 Å². The van der Waals surface area contributed by atoms with E-state index in [0.29, 0.717) is 41.3 Å². The van der Waals surface area contributed by atoms with Crippen molar-refractivity contribution in [2.75, 3.05) is 0 Å². The summed E-state index contributed by atoms with van der Waals surface area (Å²) in [5.74, 6) is -4.09. The molecule has 0 saturated carbocycles. The number of hydrogen-bond acceptors (Lipinski definition) is 2. The smallest absolute Gasteiger partial charge is 0.258 e. The molecule has 0 aliphatic carbocycles. The van der Waals surface area contributed by atoms with E-state index in [2.05, 4.69) is 0 Å². The predicted octanol–water partition coefficient (Wildman–Crippen LogP) is 5.61.